The monoisotopic (exact) mass is 354 g/mol. The van der Waals surface area contributed by atoms with Gasteiger partial charge in [0.15, 0.2) is 6.17 Å². The van der Waals surface area contributed by atoms with Gasteiger partial charge in [0.1, 0.15) is 23.7 Å². The summed E-state index contributed by atoms with van der Waals surface area (Å²) < 4.78 is 20.9. The van der Waals surface area contributed by atoms with Gasteiger partial charge in [0.05, 0.1) is 22.8 Å². The molecule has 27 heavy (non-hydrogen) atoms. The van der Waals surface area contributed by atoms with E-state index in [-0.39, 0.29) is 27.8 Å². The fourth-order valence-electron chi connectivity index (χ4n) is 3.03. The van der Waals surface area contributed by atoms with E-state index in [0.717, 1.165) is 5.39 Å². The maximum absolute atomic E-state index is 15.1. The number of rotatable bonds is 3. The number of nitriles is 2. The Kier molecular flexibility index (Phi) is 4.08. The van der Waals surface area contributed by atoms with Crippen LogP contribution >= 0.6 is 0 Å². The second kappa shape index (κ2) is 6.70. The number of hydrogen-bond acceptors (Lipinski definition) is 5. The first kappa shape index (κ1) is 16.4. The van der Waals surface area contributed by atoms with Crippen molar-refractivity contribution in [1.82, 2.24) is 9.97 Å². The molecule has 0 aliphatic heterocycles. The topological polar surface area (TPSA) is 86.5 Å². The van der Waals surface area contributed by atoms with E-state index < -0.39 is 6.17 Å². The van der Waals surface area contributed by atoms with Crippen LogP contribution in [-0.2, 0) is 0 Å². The molecular formula is C21H11FN4O. The highest BCUT2D eigenvalue weighted by atomic mass is 19.1. The van der Waals surface area contributed by atoms with E-state index in [1.54, 1.807) is 12.1 Å². The summed E-state index contributed by atoms with van der Waals surface area (Å²) in [7, 11) is 0. The average Bonchev–Trinajstić information content (AvgIpc) is 3.16. The van der Waals surface area contributed by atoms with Gasteiger partial charge < -0.3 is 4.42 Å². The zero-order valence-electron chi connectivity index (χ0n) is 13.9. The first-order chi connectivity index (χ1) is 13.2. The molecule has 0 spiro atoms. The molecule has 2 aromatic heterocycles. The van der Waals surface area contributed by atoms with E-state index in [0.29, 0.717) is 11.3 Å². The molecule has 1 atom stereocenters. The quantitative estimate of drug-likeness (QED) is 0.532. The first-order valence-electron chi connectivity index (χ1n) is 8.08. The number of benzene rings is 2. The predicted molar refractivity (Wildman–Crippen MR) is 96.1 cm³/mol. The minimum Gasteiger partial charge on any atom is -0.456 e. The Morgan fingerprint density at radius 1 is 1.00 bits per heavy atom. The van der Waals surface area contributed by atoms with Crippen LogP contribution in [0.2, 0.25) is 0 Å². The molecule has 2 heterocycles. The van der Waals surface area contributed by atoms with Crippen molar-refractivity contribution in [3.63, 3.8) is 0 Å². The SMILES string of the molecule is N#Cc1ccc(C(F)c2cncnc2)c(C#N)c1-c1cc2ccccc2o1. The van der Waals surface area contributed by atoms with Gasteiger partial charge in [-0.2, -0.15) is 10.5 Å². The molecule has 1 unspecified atom stereocenters. The molecule has 128 valence electrons. The molecule has 4 rings (SSSR count). The molecule has 0 saturated heterocycles. The van der Waals surface area contributed by atoms with Gasteiger partial charge in [0.25, 0.3) is 0 Å². The van der Waals surface area contributed by atoms with Crippen molar-refractivity contribution < 1.29 is 8.81 Å². The van der Waals surface area contributed by atoms with Gasteiger partial charge in [-0.25, -0.2) is 14.4 Å². The second-order valence-electron chi connectivity index (χ2n) is 5.86. The van der Waals surface area contributed by atoms with Gasteiger partial charge >= 0.3 is 0 Å². The summed E-state index contributed by atoms with van der Waals surface area (Å²) >= 11 is 0. The third kappa shape index (κ3) is 2.80. The summed E-state index contributed by atoms with van der Waals surface area (Å²) in [6.07, 6.45) is 2.42. The summed E-state index contributed by atoms with van der Waals surface area (Å²) in [5.74, 6) is 0.350. The lowest BCUT2D eigenvalue weighted by Crippen LogP contribution is -2.02. The van der Waals surface area contributed by atoms with Crippen molar-refractivity contribution in [2.24, 2.45) is 0 Å². The highest BCUT2D eigenvalue weighted by Crippen LogP contribution is 2.37. The van der Waals surface area contributed by atoms with Gasteiger partial charge in [-0.15, -0.1) is 0 Å². The molecule has 0 amide bonds. The van der Waals surface area contributed by atoms with Gasteiger partial charge in [0, 0.05) is 28.9 Å². The molecule has 0 bridgehead atoms. The van der Waals surface area contributed by atoms with Crippen molar-refractivity contribution in [3.05, 3.63) is 83.4 Å². The zero-order chi connectivity index (χ0) is 18.8. The third-order valence-electron chi connectivity index (χ3n) is 4.29. The Balaban J connectivity index is 1.95. The van der Waals surface area contributed by atoms with Crippen LogP contribution in [0.4, 0.5) is 4.39 Å². The number of para-hydroxylation sites is 1. The second-order valence-corrected chi connectivity index (χ2v) is 5.86. The minimum atomic E-state index is -1.60. The summed E-state index contributed by atoms with van der Waals surface area (Å²) in [4.78, 5) is 7.65. The smallest absolute Gasteiger partial charge is 0.155 e. The van der Waals surface area contributed by atoms with E-state index in [9.17, 15) is 10.5 Å². The normalized spacial score (nSPS) is 11.7. The Bertz CT molecular complexity index is 1190. The minimum absolute atomic E-state index is 0.0597. The molecule has 0 saturated carbocycles. The number of fused-ring (bicyclic) bond motifs is 1. The van der Waals surface area contributed by atoms with E-state index in [1.165, 1.54) is 30.9 Å². The third-order valence-corrected chi connectivity index (χ3v) is 4.29. The van der Waals surface area contributed by atoms with E-state index in [4.69, 9.17) is 4.42 Å². The number of aromatic nitrogens is 2. The summed E-state index contributed by atoms with van der Waals surface area (Å²) in [6, 6.07) is 16.1. The highest BCUT2D eigenvalue weighted by molar-refractivity contribution is 5.86. The van der Waals surface area contributed by atoms with Crippen LogP contribution in [-0.4, -0.2) is 9.97 Å². The van der Waals surface area contributed by atoms with E-state index >= 15 is 4.39 Å². The van der Waals surface area contributed by atoms with Gasteiger partial charge in [0.2, 0.25) is 0 Å². The standard InChI is InChI=1S/C21H11FN4O/c22-21(15-10-25-12-26-11-15)16-6-5-14(8-23)20(17(16)9-24)19-7-13-3-1-2-4-18(13)27-19/h1-7,10-12,21H. The Hall–Kier alpha value is -4.03. The first-order valence-corrected chi connectivity index (χ1v) is 8.08. The lowest BCUT2D eigenvalue weighted by atomic mass is 9.91. The molecule has 0 N–H and O–H groups in total. The fourth-order valence-corrected chi connectivity index (χ4v) is 3.03. The number of hydrogen-bond donors (Lipinski definition) is 0. The molecule has 6 heteroatoms. The molecule has 2 aromatic carbocycles. The van der Waals surface area contributed by atoms with Gasteiger partial charge in [-0.1, -0.05) is 24.3 Å². The maximum atomic E-state index is 15.1. The molecule has 5 nitrogen and oxygen atoms in total. The highest BCUT2D eigenvalue weighted by Gasteiger charge is 2.24. The molecule has 0 radical (unpaired) electrons. The average molecular weight is 354 g/mol. The number of alkyl halides is 1. The fraction of sp³-hybridized carbons (Fsp3) is 0.0476. The van der Waals surface area contributed by atoms with Crippen LogP contribution < -0.4 is 0 Å². The predicted octanol–water partition coefficient (Wildman–Crippen LogP) is 4.69. The molecule has 0 aliphatic rings. The van der Waals surface area contributed by atoms with Crippen molar-refractivity contribution in [1.29, 1.82) is 10.5 Å². The van der Waals surface area contributed by atoms with Crippen LogP contribution in [0.3, 0.4) is 0 Å². The van der Waals surface area contributed by atoms with Crippen LogP contribution in [0, 0.1) is 22.7 Å². The zero-order valence-corrected chi connectivity index (χ0v) is 13.9. The van der Waals surface area contributed by atoms with Crippen molar-refractivity contribution >= 4 is 11.0 Å². The van der Waals surface area contributed by atoms with Crippen LogP contribution in [0.5, 0.6) is 0 Å². The largest absolute Gasteiger partial charge is 0.456 e. The van der Waals surface area contributed by atoms with Crippen molar-refractivity contribution in [2.45, 2.75) is 6.17 Å². The van der Waals surface area contributed by atoms with Crippen molar-refractivity contribution in [3.8, 4) is 23.5 Å². The number of furan rings is 1. The molecule has 4 aromatic rings. The molecule has 0 fully saturated rings. The maximum Gasteiger partial charge on any atom is 0.155 e. The molecule has 0 aliphatic carbocycles. The van der Waals surface area contributed by atoms with Gasteiger partial charge in [-0.05, 0) is 18.2 Å². The number of halogens is 1. The Morgan fingerprint density at radius 2 is 1.78 bits per heavy atom. The van der Waals surface area contributed by atoms with E-state index in [2.05, 4.69) is 16.0 Å². The lowest BCUT2D eigenvalue weighted by molar-refractivity contribution is 0.399. The summed E-state index contributed by atoms with van der Waals surface area (Å²) in [5.41, 5.74) is 1.58. The molecular weight excluding hydrogens is 343 g/mol. The Morgan fingerprint density at radius 3 is 2.48 bits per heavy atom. The van der Waals surface area contributed by atoms with E-state index in [1.807, 2.05) is 24.3 Å². The van der Waals surface area contributed by atoms with Crippen LogP contribution in [0.25, 0.3) is 22.3 Å². The Labute approximate surface area is 154 Å². The van der Waals surface area contributed by atoms with Crippen LogP contribution in [0.1, 0.15) is 28.4 Å². The lowest BCUT2D eigenvalue weighted by Gasteiger charge is -2.13. The summed E-state index contributed by atoms with van der Waals surface area (Å²) in [5, 5.41) is 20.1. The van der Waals surface area contributed by atoms with Gasteiger partial charge in [-0.3, -0.25) is 0 Å². The number of nitrogens with zero attached hydrogens (tertiary/aromatic N) is 4. The summed E-state index contributed by atoms with van der Waals surface area (Å²) in [6.45, 7) is 0. The van der Waals surface area contributed by atoms with Crippen molar-refractivity contribution in [2.75, 3.05) is 0 Å². The van der Waals surface area contributed by atoms with Crippen LogP contribution in [0.15, 0.2) is 65.6 Å².